The van der Waals surface area contributed by atoms with Gasteiger partial charge in [0.15, 0.2) is 11.6 Å². The highest BCUT2D eigenvalue weighted by Gasteiger charge is 2.33. The summed E-state index contributed by atoms with van der Waals surface area (Å²) in [5.41, 5.74) is 0.704. The van der Waals surface area contributed by atoms with E-state index in [0.717, 1.165) is 0 Å². The highest BCUT2D eigenvalue weighted by molar-refractivity contribution is 7.85. The lowest BCUT2D eigenvalue weighted by atomic mass is 9.84. The third-order valence-corrected chi connectivity index (χ3v) is 5.93. The van der Waals surface area contributed by atoms with Crippen LogP contribution in [0.4, 0.5) is 0 Å². The van der Waals surface area contributed by atoms with Crippen molar-refractivity contribution in [3.8, 4) is 0 Å². The van der Waals surface area contributed by atoms with Crippen molar-refractivity contribution in [2.24, 2.45) is 0 Å². The fraction of sp³-hybridized carbons (Fsp3) is 0. The maximum absolute atomic E-state index is 13.2. The van der Waals surface area contributed by atoms with E-state index in [1.54, 1.807) is 36.4 Å². The molecule has 0 aromatic heterocycles. The van der Waals surface area contributed by atoms with E-state index in [9.17, 15) is 23.7 Å². The maximum atomic E-state index is 13.2. The summed E-state index contributed by atoms with van der Waals surface area (Å²) in [6.45, 7) is 0. The third-order valence-electron chi connectivity index (χ3n) is 4.43. The van der Waals surface area contributed by atoms with Crippen LogP contribution in [0, 0.1) is 0 Å². The highest BCUT2D eigenvalue weighted by Crippen LogP contribution is 2.33. The van der Waals surface area contributed by atoms with Gasteiger partial charge in [0.2, 0.25) is 0 Å². The van der Waals surface area contributed by atoms with E-state index >= 15 is 0 Å². The SMILES string of the molecule is O=C(O)c1ccccc1S(=O)c1cccc2c1C(=O)c1ccccc1C2=O. The van der Waals surface area contributed by atoms with Gasteiger partial charge in [0, 0.05) is 16.7 Å². The number of fused-ring (bicyclic) bond motifs is 2. The molecule has 1 N–H and O–H groups in total. The van der Waals surface area contributed by atoms with Crippen LogP contribution >= 0.6 is 0 Å². The Hall–Kier alpha value is -3.38. The number of carbonyl (C=O) groups is 3. The molecule has 0 amide bonds. The Balaban J connectivity index is 1.94. The molecule has 1 atom stereocenters. The average molecular weight is 376 g/mol. The molecule has 1 aliphatic rings. The van der Waals surface area contributed by atoms with Crippen molar-refractivity contribution >= 4 is 28.3 Å². The Morgan fingerprint density at radius 2 is 1.26 bits per heavy atom. The van der Waals surface area contributed by atoms with Crippen molar-refractivity contribution in [1.82, 2.24) is 0 Å². The van der Waals surface area contributed by atoms with Gasteiger partial charge in [0.05, 0.1) is 31.7 Å². The number of benzene rings is 3. The maximum Gasteiger partial charge on any atom is 0.336 e. The predicted octanol–water partition coefficient (Wildman–Crippen LogP) is 3.33. The van der Waals surface area contributed by atoms with Gasteiger partial charge in [-0.1, -0.05) is 48.5 Å². The van der Waals surface area contributed by atoms with E-state index in [2.05, 4.69) is 0 Å². The number of carboxylic acids is 1. The molecule has 0 bridgehead atoms. The molecule has 3 aromatic carbocycles. The quantitative estimate of drug-likeness (QED) is 0.592. The second-order valence-electron chi connectivity index (χ2n) is 5.95. The van der Waals surface area contributed by atoms with Crippen LogP contribution in [-0.2, 0) is 10.8 Å². The number of hydrogen-bond acceptors (Lipinski definition) is 4. The molecule has 0 spiro atoms. The molecule has 0 aliphatic heterocycles. The Labute approximate surface area is 156 Å². The van der Waals surface area contributed by atoms with Crippen LogP contribution in [0.2, 0.25) is 0 Å². The molecular formula is C21H12O5S. The van der Waals surface area contributed by atoms with Gasteiger partial charge in [-0.25, -0.2) is 9.00 Å². The van der Waals surface area contributed by atoms with Crippen molar-refractivity contribution in [2.45, 2.75) is 9.79 Å². The Morgan fingerprint density at radius 3 is 1.96 bits per heavy atom. The monoisotopic (exact) mass is 376 g/mol. The first-order valence-electron chi connectivity index (χ1n) is 8.06. The van der Waals surface area contributed by atoms with Crippen LogP contribution in [-0.4, -0.2) is 26.9 Å². The van der Waals surface area contributed by atoms with Gasteiger partial charge in [-0.2, -0.15) is 0 Å². The molecule has 4 rings (SSSR count). The first kappa shape index (κ1) is 17.1. The number of ketones is 2. The molecule has 6 heteroatoms. The first-order chi connectivity index (χ1) is 13.0. The third kappa shape index (κ3) is 2.62. The molecule has 1 aliphatic carbocycles. The summed E-state index contributed by atoms with van der Waals surface area (Å²) in [6.07, 6.45) is 0. The largest absolute Gasteiger partial charge is 0.478 e. The zero-order chi connectivity index (χ0) is 19.1. The lowest BCUT2D eigenvalue weighted by Crippen LogP contribution is -2.23. The first-order valence-corrected chi connectivity index (χ1v) is 9.21. The number of hydrogen-bond donors (Lipinski definition) is 1. The summed E-state index contributed by atoms with van der Waals surface area (Å²) >= 11 is 0. The lowest BCUT2D eigenvalue weighted by Gasteiger charge is -2.20. The van der Waals surface area contributed by atoms with Crippen LogP contribution < -0.4 is 0 Å². The Kier molecular flexibility index (Phi) is 4.05. The molecule has 0 fully saturated rings. The van der Waals surface area contributed by atoms with Crippen molar-refractivity contribution in [1.29, 1.82) is 0 Å². The zero-order valence-electron chi connectivity index (χ0n) is 13.8. The lowest BCUT2D eigenvalue weighted by molar-refractivity contribution is 0.0692. The number of rotatable bonds is 3. The summed E-state index contributed by atoms with van der Waals surface area (Å²) in [7, 11) is -1.93. The fourth-order valence-electron chi connectivity index (χ4n) is 3.19. The predicted molar refractivity (Wildman–Crippen MR) is 97.8 cm³/mol. The van der Waals surface area contributed by atoms with E-state index < -0.39 is 22.6 Å². The van der Waals surface area contributed by atoms with Crippen LogP contribution in [0.1, 0.15) is 42.2 Å². The minimum atomic E-state index is -1.93. The summed E-state index contributed by atoms with van der Waals surface area (Å²) in [5, 5.41) is 9.37. The summed E-state index contributed by atoms with van der Waals surface area (Å²) in [5.74, 6) is -1.92. The summed E-state index contributed by atoms with van der Waals surface area (Å²) < 4.78 is 13.2. The van der Waals surface area contributed by atoms with Crippen molar-refractivity contribution in [3.63, 3.8) is 0 Å². The van der Waals surface area contributed by atoms with E-state index in [4.69, 9.17) is 0 Å². The van der Waals surface area contributed by atoms with Crippen LogP contribution in [0.5, 0.6) is 0 Å². The topological polar surface area (TPSA) is 88.5 Å². The number of carbonyl (C=O) groups excluding carboxylic acids is 2. The molecule has 27 heavy (non-hydrogen) atoms. The average Bonchev–Trinajstić information content (AvgIpc) is 2.71. The standard InChI is InChI=1S/C21H12O5S/c22-19-12-6-1-2-7-13(12)20(23)18-15(19)9-5-11-17(18)27(26)16-10-4-3-8-14(16)21(24)25/h1-11H,(H,24,25). The van der Waals surface area contributed by atoms with Crippen molar-refractivity contribution in [2.75, 3.05) is 0 Å². The summed E-state index contributed by atoms with van der Waals surface area (Å²) in [4.78, 5) is 37.5. The smallest absolute Gasteiger partial charge is 0.336 e. The Morgan fingerprint density at radius 1 is 0.704 bits per heavy atom. The molecule has 1 unspecified atom stereocenters. The molecular weight excluding hydrogens is 364 g/mol. The highest BCUT2D eigenvalue weighted by atomic mass is 32.2. The molecule has 0 radical (unpaired) electrons. The zero-order valence-corrected chi connectivity index (χ0v) is 14.7. The van der Waals surface area contributed by atoms with Crippen LogP contribution in [0.25, 0.3) is 0 Å². The molecule has 0 heterocycles. The second-order valence-corrected chi connectivity index (χ2v) is 7.37. The second kappa shape index (κ2) is 6.41. The molecule has 132 valence electrons. The molecule has 3 aromatic rings. The number of aromatic carboxylic acids is 1. The van der Waals surface area contributed by atoms with Crippen molar-refractivity contribution in [3.05, 3.63) is 94.5 Å². The van der Waals surface area contributed by atoms with Gasteiger partial charge in [-0.15, -0.1) is 0 Å². The van der Waals surface area contributed by atoms with E-state index in [1.807, 2.05) is 0 Å². The molecule has 0 saturated carbocycles. The van der Waals surface area contributed by atoms with Gasteiger partial charge in [-0.3, -0.25) is 9.59 Å². The van der Waals surface area contributed by atoms with Gasteiger partial charge in [0.1, 0.15) is 0 Å². The number of carboxylic acid groups (broad SMARTS) is 1. The van der Waals surface area contributed by atoms with Gasteiger partial charge >= 0.3 is 5.97 Å². The van der Waals surface area contributed by atoms with Crippen LogP contribution in [0.3, 0.4) is 0 Å². The Bertz CT molecular complexity index is 1160. The minimum Gasteiger partial charge on any atom is -0.478 e. The van der Waals surface area contributed by atoms with E-state index in [-0.39, 0.29) is 37.8 Å². The van der Waals surface area contributed by atoms with Crippen molar-refractivity contribution < 1.29 is 23.7 Å². The van der Waals surface area contributed by atoms with Gasteiger partial charge in [-0.05, 0) is 18.2 Å². The van der Waals surface area contributed by atoms with Gasteiger partial charge in [0.25, 0.3) is 0 Å². The normalized spacial score (nSPS) is 13.6. The van der Waals surface area contributed by atoms with E-state index in [1.165, 1.54) is 30.3 Å². The molecule has 0 saturated heterocycles. The molecule has 5 nitrogen and oxygen atoms in total. The van der Waals surface area contributed by atoms with E-state index in [0.29, 0.717) is 5.56 Å². The fourth-order valence-corrected chi connectivity index (χ4v) is 4.58. The minimum absolute atomic E-state index is 0.0692. The van der Waals surface area contributed by atoms with Crippen LogP contribution in [0.15, 0.2) is 76.5 Å². The summed E-state index contributed by atoms with van der Waals surface area (Å²) in [6, 6.07) is 17.0. The van der Waals surface area contributed by atoms with Gasteiger partial charge < -0.3 is 5.11 Å².